The third-order valence-corrected chi connectivity index (χ3v) is 15.4. The number of nitrogens with zero attached hydrogens (tertiary/aromatic N) is 5. The molecule has 21 nitrogen and oxygen atoms in total. The number of urea groups is 1. The number of amidine groups is 1. The number of carbonyl (C=O) groups excluding carboxylic acids is 6. The van der Waals surface area contributed by atoms with E-state index in [1.54, 1.807) is 83.9 Å². The molecule has 0 spiro atoms. The number of hydrogen-bond acceptors (Lipinski definition) is 16. The molecule has 24 heteroatoms. The van der Waals surface area contributed by atoms with Crippen molar-refractivity contribution in [3.05, 3.63) is 159 Å². The first-order chi connectivity index (χ1) is 39.4. The molecular formula is C57H65ClFN11O10S. The second-order valence-electron chi connectivity index (χ2n) is 19.3. The predicted molar refractivity (Wildman–Crippen MR) is 300 cm³/mol. The van der Waals surface area contributed by atoms with Gasteiger partial charge in [-0.05, 0) is 68.5 Å². The largest absolute Gasteiger partial charge is 0.466 e. The van der Waals surface area contributed by atoms with Gasteiger partial charge in [0.25, 0.3) is 5.91 Å². The van der Waals surface area contributed by atoms with E-state index in [9.17, 15) is 33.2 Å². The van der Waals surface area contributed by atoms with Crippen LogP contribution in [0.3, 0.4) is 0 Å². The Morgan fingerprint density at radius 1 is 0.840 bits per heavy atom. The molecule has 81 heavy (non-hydrogen) atoms. The maximum atomic E-state index is 14.1. The fraction of sp³-hybridized carbons (Fsp3) is 0.404. The molecule has 0 radical (unpaired) electrons. The average Bonchev–Trinajstić information content (AvgIpc) is 4.24. The molecule has 2 fully saturated rings. The summed E-state index contributed by atoms with van der Waals surface area (Å²) in [6.07, 6.45) is 8.93. The second-order valence-corrected chi connectivity index (χ2v) is 21.0. The number of unbranched alkanes of at least 4 members (excludes halogenated alkanes) is 2. The van der Waals surface area contributed by atoms with E-state index in [1.807, 2.05) is 17.8 Å². The summed E-state index contributed by atoms with van der Waals surface area (Å²) >= 11 is 8.30. The van der Waals surface area contributed by atoms with Crippen LogP contribution in [0.4, 0.5) is 9.18 Å². The number of methoxy groups -OCH3 is 1. The Hall–Kier alpha value is -7.57. The SMILES string of the molecule is COC(=O)C1=C(COCc2cn(CCOCCOCCNC(=O)[C@H](CCCCNC(=O)c3ccc(C(=O)c4ccccc4)cc3)NC(=O)CCCC[C@@H]3SC[C@@H]4NC(=O)N[C@@H]43)nn2)NC(c2ccncc2)=NC1c1ccc(F)cc1Cl. The number of hydrogen-bond donors (Lipinski definition) is 6. The summed E-state index contributed by atoms with van der Waals surface area (Å²) in [7, 11) is 1.25. The Morgan fingerprint density at radius 2 is 1.60 bits per heavy atom. The number of thioether (sulfide) groups is 1. The maximum absolute atomic E-state index is 14.1. The fourth-order valence-electron chi connectivity index (χ4n) is 9.40. The molecule has 0 aliphatic carbocycles. The van der Waals surface area contributed by atoms with Crippen LogP contribution in [0.5, 0.6) is 0 Å². The van der Waals surface area contributed by atoms with Gasteiger partial charge in [-0.3, -0.25) is 29.2 Å². The van der Waals surface area contributed by atoms with Crippen molar-refractivity contribution < 1.29 is 52.1 Å². The fourth-order valence-corrected chi connectivity index (χ4v) is 11.2. The number of ketones is 1. The molecule has 5 atom stereocenters. The van der Waals surface area contributed by atoms with Gasteiger partial charge in [0.15, 0.2) is 5.78 Å². The summed E-state index contributed by atoms with van der Waals surface area (Å²) in [6.45, 7) is 1.95. The van der Waals surface area contributed by atoms with E-state index < -0.39 is 23.9 Å². The average molecular weight is 1150 g/mol. The first kappa shape index (κ1) is 59.5. The molecule has 1 unspecified atom stereocenters. The smallest absolute Gasteiger partial charge is 0.338 e. The van der Waals surface area contributed by atoms with Crippen LogP contribution in [0.15, 0.2) is 120 Å². The summed E-state index contributed by atoms with van der Waals surface area (Å²) < 4.78 is 38.3. The predicted octanol–water partition coefficient (Wildman–Crippen LogP) is 5.39. The maximum Gasteiger partial charge on any atom is 0.338 e. The molecule has 2 saturated heterocycles. The Kier molecular flexibility index (Phi) is 22.3. The minimum absolute atomic E-state index is 0.0441. The van der Waals surface area contributed by atoms with E-state index in [-0.39, 0.29) is 103 Å². The van der Waals surface area contributed by atoms with Crippen molar-refractivity contribution in [2.75, 3.05) is 59.0 Å². The van der Waals surface area contributed by atoms with Crippen LogP contribution in [0.2, 0.25) is 5.02 Å². The number of rotatable bonds is 31. The molecule has 3 aliphatic heterocycles. The monoisotopic (exact) mass is 1150 g/mol. The summed E-state index contributed by atoms with van der Waals surface area (Å²) in [5, 5.41) is 26.6. The zero-order chi connectivity index (χ0) is 56.9. The number of ether oxygens (including phenoxy) is 4. The van der Waals surface area contributed by atoms with Crippen molar-refractivity contribution >= 4 is 64.7 Å². The van der Waals surface area contributed by atoms with Crippen LogP contribution >= 0.6 is 23.4 Å². The Labute approximate surface area is 477 Å². The number of amides is 5. The lowest BCUT2D eigenvalue weighted by Crippen LogP contribution is -2.47. The highest BCUT2D eigenvalue weighted by Crippen LogP contribution is 2.37. The normalized spacial score (nSPS) is 17.7. The van der Waals surface area contributed by atoms with Crippen molar-refractivity contribution in [3.8, 4) is 0 Å². The molecule has 3 aliphatic rings. The van der Waals surface area contributed by atoms with Crippen LogP contribution in [0.1, 0.15) is 94.1 Å². The molecule has 5 heterocycles. The van der Waals surface area contributed by atoms with Gasteiger partial charge in [-0.15, -0.1) is 5.10 Å². The number of nitrogens with one attached hydrogen (secondary N) is 6. The van der Waals surface area contributed by atoms with Crippen LogP contribution in [0.25, 0.3) is 0 Å². The standard InChI is InChI=1S/C57H65ClFN11O10S/c1-77-56(75)49-45(64-53(38-20-23-60-24-21-38)66-50(49)42-19-18-40(59)31-43(42)58)34-80-33-41-32-70(69-68-41)26-28-79-30-29-78-27-25-62-55(74)44(63-48(71)13-6-5-12-47-51-46(35-81-47)65-57(76)67-51)11-7-8-22-61-54(73)39-16-14-37(15-17-39)52(72)36-9-3-2-4-10-36/h2-4,9-10,14-21,23-24,31-32,44,46-47,50-51H,5-8,11-13,22,25-30,33-35H2,1H3,(H,61,73)(H,62,74)(H,63,71)(H,64,66)(H2,65,67,76)/t44-,46-,47-,50?,51-/m0/s1. The zero-order valence-corrected chi connectivity index (χ0v) is 46.3. The molecule has 428 valence electrons. The molecular weight excluding hydrogens is 1090 g/mol. The van der Waals surface area contributed by atoms with Crippen LogP contribution in [-0.2, 0) is 46.5 Å². The van der Waals surface area contributed by atoms with Gasteiger partial charge >= 0.3 is 12.0 Å². The highest BCUT2D eigenvalue weighted by Gasteiger charge is 2.42. The lowest BCUT2D eigenvalue weighted by atomic mass is 9.95. The molecule has 5 amide bonds. The number of halogens is 2. The first-order valence-corrected chi connectivity index (χ1v) is 28.2. The molecule has 2 aromatic heterocycles. The summed E-state index contributed by atoms with van der Waals surface area (Å²) in [5.74, 6) is -0.904. The van der Waals surface area contributed by atoms with Gasteiger partial charge in [0.1, 0.15) is 29.4 Å². The van der Waals surface area contributed by atoms with Crippen LogP contribution < -0.4 is 31.9 Å². The van der Waals surface area contributed by atoms with Gasteiger partial charge in [-0.25, -0.2) is 18.7 Å². The summed E-state index contributed by atoms with van der Waals surface area (Å²) in [6, 6.07) is 21.2. The van der Waals surface area contributed by atoms with Gasteiger partial charge in [0.05, 0.1) is 82.8 Å². The number of aromatic nitrogens is 4. The van der Waals surface area contributed by atoms with Crippen molar-refractivity contribution in [3.63, 3.8) is 0 Å². The number of fused-ring (bicyclic) bond motifs is 1. The molecule has 6 N–H and O–H groups in total. The lowest BCUT2D eigenvalue weighted by molar-refractivity contribution is -0.136. The van der Waals surface area contributed by atoms with Crippen molar-refractivity contribution in [1.82, 2.24) is 51.9 Å². The third kappa shape index (κ3) is 17.2. The molecule has 0 bridgehead atoms. The minimum Gasteiger partial charge on any atom is -0.466 e. The lowest BCUT2D eigenvalue weighted by Gasteiger charge is -2.28. The zero-order valence-electron chi connectivity index (χ0n) is 44.7. The number of benzene rings is 3. The topological polar surface area (TPSA) is 267 Å². The van der Waals surface area contributed by atoms with Gasteiger partial charge in [-0.2, -0.15) is 11.8 Å². The van der Waals surface area contributed by atoms with Gasteiger partial charge in [-0.1, -0.05) is 71.8 Å². The molecule has 3 aromatic carbocycles. The summed E-state index contributed by atoms with van der Waals surface area (Å²) in [4.78, 5) is 86.2. The van der Waals surface area contributed by atoms with E-state index in [0.717, 1.165) is 24.7 Å². The van der Waals surface area contributed by atoms with Gasteiger partial charge < -0.3 is 50.8 Å². The Morgan fingerprint density at radius 3 is 2.38 bits per heavy atom. The highest BCUT2D eigenvalue weighted by molar-refractivity contribution is 8.00. The number of aliphatic imine (C=N–C) groups is 1. The van der Waals surface area contributed by atoms with Crippen molar-refractivity contribution in [2.45, 2.75) is 87.5 Å². The van der Waals surface area contributed by atoms with E-state index in [1.165, 1.54) is 19.2 Å². The van der Waals surface area contributed by atoms with E-state index in [2.05, 4.69) is 47.2 Å². The number of carbonyl (C=O) groups is 6. The summed E-state index contributed by atoms with van der Waals surface area (Å²) in [5.41, 5.74) is 3.59. The second kappa shape index (κ2) is 30.3. The molecule has 8 rings (SSSR count). The van der Waals surface area contributed by atoms with Crippen molar-refractivity contribution in [1.29, 1.82) is 0 Å². The number of pyridine rings is 1. The van der Waals surface area contributed by atoms with E-state index in [0.29, 0.717) is 90.4 Å². The minimum atomic E-state index is -0.935. The molecule has 0 saturated carbocycles. The van der Waals surface area contributed by atoms with Crippen LogP contribution in [-0.4, -0.2) is 144 Å². The first-order valence-electron chi connectivity index (χ1n) is 26.8. The van der Waals surface area contributed by atoms with Gasteiger partial charge in [0, 0.05) is 75.7 Å². The molecule has 5 aromatic rings. The quantitative estimate of drug-likeness (QED) is 0.0141. The Bertz CT molecular complexity index is 3030. The van der Waals surface area contributed by atoms with Crippen LogP contribution in [0, 0.1) is 5.82 Å². The Balaban J connectivity index is 0.735. The number of esters is 1. The van der Waals surface area contributed by atoms with E-state index >= 15 is 0 Å². The van der Waals surface area contributed by atoms with E-state index in [4.69, 9.17) is 35.5 Å². The van der Waals surface area contributed by atoms with Gasteiger partial charge in [0.2, 0.25) is 11.8 Å². The van der Waals surface area contributed by atoms with Crippen molar-refractivity contribution in [2.24, 2.45) is 4.99 Å². The third-order valence-electron chi connectivity index (χ3n) is 13.6. The highest BCUT2D eigenvalue weighted by atomic mass is 35.5.